The lowest BCUT2D eigenvalue weighted by atomic mass is 10.2. The summed E-state index contributed by atoms with van der Waals surface area (Å²) in [6, 6.07) is 21.0. The number of halogens is 3. The Kier molecular flexibility index (Phi) is 28.2. The van der Waals surface area contributed by atoms with E-state index in [0.29, 0.717) is 15.3 Å². The molecule has 8 rings (SSSR count). The molecule has 0 atom stereocenters. The zero-order chi connectivity index (χ0) is 47.9. The summed E-state index contributed by atoms with van der Waals surface area (Å²) >= 11 is 16.8. The Morgan fingerprint density at radius 2 is 0.984 bits per heavy atom. The number of aromatic nitrogens is 10. The lowest BCUT2D eigenvalue weighted by Crippen LogP contribution is -2.27. The van der Waals surface area contributed by atoms with E-state index in [9.17, 15) is 0 Å². The van der Waals surface area contributed by atoms with Gasteiger partial charge in [0, 0.05) is 90.2 Å². The molecule has 0 aliphatic rings. The summed E-state index contributed by atoms with van der Waals surface area (Å²) < 4.78 is 1.02. The third kappa shape index (κ3) is 28.4. The van der Waals surface area contributed by atoms with E-state index in [1.807, 2.05) is 129 Å². The first-order valence-corrected chi connectivity index (χ1v) is 21.2. The first-order chi connectivity index (χ1) is 30.4. The van der Waals surface area contributed by atoms with Gasteiger partial charge in [-0.15, -0.1) is 0 Å². The normalized spacial score (nSPS) is 9.23. The van der Waals surface area contributed by atoms with E-state index in [2.05, 4.69) is 71.7 Å². The Labute approximate surface area is 394 Å². The van der Waals surface area contributed by atoms with Crippen LogP contribution in [-0.4, -0.2) is 50.1 Å². The van der Waals surface area contributed by atoms with E-state index in [-0.39, 0.29) is 0 Å². The van der Waals surface area contributed by atoms with Gasteiger partial charge in [-0.1, -0.05) is 34.8 Å². The average Bonchev–Trinajstić information content (AvgIpc) is 3.25. The Hall–Kier alpha value is -6.27. The fraction of sp³-hybridized carbons (Fsp3) is 0.240. The van der Waals surface area contributed by atoms with Crippen molar-refractivity contribution in [1.82, 2.24) is 44.9 Å². The molecule has 8 heterocycles. The quantitative estimate of drug-likeness (QED) is 0.0888. The van der Waals surface area contributed by atoms with Crippen LogP contribution in [-0.2, 0) is 0 Å². The highest BCUT2D eigenvalue weighted by atomic mass is 35.5. The fourth-order valence-corrected chi connectivity index (χ4v) is 4.74. The Balaban J connectivity index is 0.000000366. The van der Waals surface area contributed by atoms with Crippen LogP contribution in [0.1, 0.15) is 67.5 Å². The number of hydrogen-bond acceptors (Lipinski definition) is 10. The molecule has 0 aliphatic heterocycles. The predicted molar refractivity (Wildman–Crippen MR) is 261 cm³/mol. The van der Waals surface area contributed by atoms with Crippen LogP contribution in [0, 0.1) is 83.1 Å². The van der Waals surface area contributed by atoms with Gasteiger partial charge in [-0.05, 0) is 182 Å². The van der Waals surface area contributed by atoms with E-state index < -0.39 is 0 Å². The molecule has 0 fully saturated rings. The highest BCUT2D eigenvalue weighted by molar-refractivity contribution is 6.41. The molecule has 336 valence electrons. The zero-order valence-electron chi connectivity index (χ0n) is 38.8. The molecule has 0 unspecified atom stereocenters. The van der Waals surface area contributed by atoms with E-state index in [1.165, 1.54) is 33.4 Å². The minimum atomic E-state index is 0.363. The monoisotopic (exact) mass is 921 g/mol. The number of aryl methyl sites for hydroxylation is 12. The largest absolute Gasteiger partial charge is 0.285 e. The summed E-state index contributed by atoms with van der Waals surface area (Å²) in [4.78, 5) is 35.3. The third-order valence-electron chi connectivity index (χ3n) is 8.06. The Morgan fingerprint density at radius 3 is 1.36 bits per heavy atom. The molecule has 0 spiro atoms. The van der Waals surface area contributed by atoms with Crippen molar-refractivity contribution in [2.75, 3.05) is 0 Å². The van der Waals surface area contributed by atoms with Gasteiger partial charge < -0.3 is 0 Å². The van der Waals surface area contributed by atoms with Crippen molar-refractivity contribution in [3.63, 3.8) is 0 Å². The van der Waals surface area contributed by atoms with Gasteiger partial charge in [0.25, 0.3) is 0 Å². The molecule has 0 aromatic carbocycles. The van der Waals surface area contributed by atoms with Crippen molar-refractivity contribution in [2.24, 2.45) is 0 Å². The Morgan fingerprint density at radius 1 is 0.422 bits per heavy atom. The van der Waals surface area contributed by atoms with Gasteiger partial charge in [0.1, 0.15) is 22.0 Å². The van der Waals surface area contributed by atoms with Crippen molar-refractivity contribution in [3.05, 3.63) is 224 Å². The van der Waals surface area contributed by atoms with Crippen LogP contribution in [0.4, 0.5) is 0 Å². The minimum absolute atomic E-state index is 0.363. The van der Waals surface area contributed by atoms with Crippen LogP contribution >= 0.6 is 34.8 Å². The molecule has 0 bridgehead atoms. The molecular weight excluding hydrogens is 863 g/mol. The van der Waals surface area contributed by atoms with Crippen LogP contribution in [0.5, 0.6) is 0 Å². The third-order valence-corrected chi connectivity index (χ3v) is 8.96. The first kappa shape index (κ1) is 55.7. The SMILES string of the molecule is Cc1cc[n+](O)cc1.Cc1ccnc(C)c1.Cc1ccnc(C)n1.Cc1ccncc1.Cc1ccncc1C.Cc1cnc(Cl)c(Cl)c1.Cc1cnc(Cl)cc1C.Cc1ncccn1. The molecule has 8 aromatic rings. The summed E-state index contributed by atoms with van der Waals surface area (Å²) in [6.45, 7) is 23.8. The zero-order valence-corrected chi connectivity index (χ0v) is 41.1. The van der Waals surface area contributed by atoms with Crippen molar-refractivity contribution >= 4 is 34.8 Å². The van der Waals surface area contributed by atoms with Gasteiger partial charge in [-0.3, -0.25) is 20.2 Å². The van der Waals surface area contributed by atoms with Crippen LogP contribution in [0.2, 0.25) is 15.3 Å². The van der Waals surface area contributed by atoms with Crippen molar-refractivity contribution in [2.45, 2.75) is 83.1 Å². The van der Waals surface area contributed by atoms with Gasteiger partial charge in [-0.25, -0.2) is 29.9 Å². The number of hydrogen-bond donors (Lipinski definition) is 1. The molecule has 0 saturated heterocycles. The maximum absolute atomic E-state index is 8.67. The first-order valence-electron chi connectivity index (χ1n) is 20.0. The Bertz CT molecular complexity index is 2270. The summed E-state index contributed by atoms with van der Waals surface area (Å²) in [7, 11) is 0. The van der Waals surface area contributed by atoms with Gasteiger partial charge in [-0.2, -0.15) is 0 Å². The molecule has 11 nitrogen and oxygen atoms in total. The molecule has 1 N–H and O–H groups in total. The maximum Gasteiger partial charge on any atom is 0.222 e. The lowest BCUT2D eigenvalue weighted by molar-refractivity contribution is -0.904. The van der Waals surface area contributed by atoms with Crippen molar-refractivity contribution < 1.29 is 9.94 Å². The summed E-state index contributed by atoms with van der Waals surface area (Å²) in [6.07, 6.45) is 20.9. The second-order valence-electron chi connectivity index (χ2n) is 14.1. The molecule has 64 heavy (non-hydrogen) atoms. The summed E-state index contributed by atoms with van der Waals surface area (Å²) in [5.41, 5.74) is 11.7. The summed E-state index contributed by atoms with van der Waals surface area (Å²) in [5.74, 6) is 1.66. The topological polar surface area (TPSA) is 140 Å². The lowest BCUT2D eigenvalue weighted by Gasteiger charge is -1.96. The molecular formula is C50H60Cl3N10O+. The molecule has 8 aromatic heterocycles. The van der Waals surface area contributed by atoms with Crippen molar-refractivity contribution in [1.29, 1.82) is 0 Å². The van der Waals surface area contributed by atoms with Gasteiger partial charge >= 0.3 is 0 Å². The van der Waals surface area contributed by atoms with Crippen molar-refractivity contribution in [3.8, 4) is 0 Å². The smallest absolute Gasteiger partial charge is 0.222 e. The van der Waals surface area contributed by atoms with E-state index in [1.54, 1.807) is 67.9 Å². The fourth-order valence-electron chi connectivity index (χ4n) is 4.20. The van der Waals surface area contributed by atoms with Gasteiger partial charge in [0.05, 0.1) is 5.02 Å². The highest BCUT2D eigenvalue weighted by Gasteiger charge is 1.96. The standard InChI is InChI=1S/C7H8ClN.2C7H9N.C6H5Cl2N.C6H8N2.C6H8NO.C6H7N.C5H6N2/c1-5-3-7(8)9-4-6(5)2;1-6-3-4-8-5-7(6)2;1-6-3-4-8-7(2)5-6;1-4-2-5(7)6(8)9-3-4;1-5-3-4-7-6(2)8-5;1-6-2-4-7(8)5-3-6;1-6-2-4-7-5-3-6;1-5-6-3-2-4-7-5/h3-4H,1-2H3;2*3-5H,1-2H3;2-3H,1H3;3-4H,1-2H3;2-5,8H,1H3;2-5H,1H3;2-4H,1H3/q;;;;;+1;;. The van der Waals surface area contributed by atoms with Gasteiger partial charge in [0.15, 0.2) is 0 Å². The van der Waals surface area contributed by atoms with Crippen LogP contribution < -0.4 is 4.73 Å². The molecule has 0 saturated carbocycles. The van der Waals surface area contributed by atoms with Gasteiger partial charge in [0.2, 0.25) is 12.4 Å². The highest BCUT2D eigenvalue weighted by Crippen LogP contribution is 2.18. The van der Waals surface area contributed by atoms with E-state index >= 15 is 0 Å². The molecule has 0 amide bonds. The average molecular weight is 923 g/mol. The molecule has 14 heteroatoms. The van der Waals surface area contributed by atoms with Crippen LogP contribution in [0.25, 0.3) is 0 Å². The molecule has 0 radical (unpaired) electrons. The van der Waals surface area contributed by atoms with E-state index in [0.717, 1.165) is 38.9 Å². The maximum atomic E-state index is 8.67. The number of nitrogens with zero attached hydrogens (tertiary/aromatic N) is 10. The summed E-state index contributed by atoms with van der Waals surface area (Å²) in [5, 5.41) is 10.1. The van der Waals surface area contributed by atoms with Crippen LogP contribution in [0.3, 0.4) is 0 Å². The number of pyridine rings is 6. The van der Waals surface area contributed by atoms with E-state index in [4.69, 9.17) is 40.0 Å². The second-order valence-corrected chi connectivity index (χ2v) is 15.3. The van der Waals surface area contributed by atoms with Crippen LogP contribution in [0.15, 0.2) is 141 Å². The predicted octanol–water partition coefficient (Wildman–Crippen LogP) is 12.2. The second kappa shape index (κ2) is 32.4. The number of rotatable bonds is 0. The minimum Gasteiger partial charge on any atom is -0.285 e. The molecule has 0 aliphatic carbocycles.